The molecule has 3 rings (SSSR count). The molecule has 0 aliphatic rings. The number of benzene rings is 2. The average Bonchev–Trinajstić information content (AvgIpc) is 3.17. The van der Waals surface area contributed by atoms with E-state index in [2.05, 4.69) is 5.18 Å². The maximum Gasteiger partial charge on any atom is 0.416 e. The minimum absolute atomic E-state index is 0.191. The lowest BCUT2D eigenvalue weighted by atomic mass is 9.97. The normalized spacial score (nSPS) is 12.5. The Balaban J connectivity index is 1.82. The number of hydrogen-bond donors (Lipinski definition) is 1. The highest BCUT2D eigenvalue weighted by Gasteiger charge is 2.31. The minimum atomic E-state index is -4.42. The monoisotopic (exact) mass is 523 g/mol. The van der Waals surface area contributed by atoms with Gasteiger partial charge < -0.3 is 14.6 Å². The second kappa shape index (κ2) is 11.7. The van der Waals surface area contributed by atoms with E-state index in [1.807, 2.05) is 6.92 Å². The van der Waals surface area contributed by atoms with Crippen LogP contribution in [0.4, 0.5) is 13.2 Å². The molecule has 1 heterocycles. The Kier molecular flexibility index (Phi) is 8.94. The van der Waals surface area contributed by atoms with Gasteiger partial charge in [-0.25, -0.2) is 4.79 Å². The predicted octanol–water partition coefficient (Wildman–Crippen LogP) is 7.27. The fourth-order valence-electron chi connectivity index (χ4n) is 4.10. The smallest absolute Gasteiger partial charge is 0.416 e. The molecular weight excluding hydrogens is 495 g/mol. The lowest BCUT2D eigenvalue weighted by molar-refractivity contribution is -0.145. The summed E-state index contributed by atoms with van der Waals surface area (Å²) in [5, 5.41) is 14.5. The Morgan fingerprint density at radius 1 is 1.17 bits per heavy atom. The van der Waals surface area contributed by atoms with E-state index in [0.717, 1.165) is 28.3 Å². The molecule has 0 radical (unpaired) electrons. The fraction of sp³-hybridized carbons (Fsp3) is 0.423. The first kappa shape index (κ1) is 27.4. The summed E-state index contributed by atoms with van der Waals surface area (Å²) in [7, 11) is 0. The predicted molar refractivity (Wildman–Crippen MR) is 133 cm³/mol. The van der Waals surface area contributed by atoms with E-state index in [1.54, 1.807) is 19.9 Å². The fourth-order valence-corrected chi connectivity index (χ4v) is 5.40. The molecule has 10 heteroatoms. The van der Waals surface area contributed by atoms with Crippen LogP contribution in [0.2, 0.25) is 0 Å². The standard InChI is InChI=1S/C26H28F3NO5S/c1-4-6-17-18-8-7-16(26(27,28)29)12-24(18)36-23(17)10-9-20(30-33)19-11-15(3)22(13-21(19)31)35-14-25(32)34-5-2/h7-8,11-13,20,31H,4-6,9-10,14H2,1-3H3. The highest BCUT2D eigenvalue weighted by atomic mass is 32.1. The van der Waals surface area contributed by atoms with Gasteiger partial charge in [-0.05, 0) is 67.8 Å². The molecule has 1 N–H and O–H groups in total. The van der Waals surface area contributed by atoms with Crippen LogP contribution in [0.3, 0.4) is 0 Å². The number of phenols is 1. The molecular formula is C26H28F3NO5S. The van der Waals surface area contributed by atoms with E-state index in [4.69, 9.17) is 9.47 Å². The van der Waals surface area contributed by atoms with Gasteiger partial charge >= 0.3 is 12.1 Å². The van der Waals surface area contributed by atoms with Gasteiger partial charge in [-0.15, -0.1) is 11.3 Å². The van der Waals surface area contributed by atoms with E-state index < -0.39 is 23.8 Å². The second-order valence-electron chi connectivity index (χ2n) is 8.39. The van der Waals surface area contributed by atoms with Crippen molar-refractivity contribution < 1.29 is 32.5 Å². The molecule has 6 nitrogen and oxygen atoms in total. The number of aryl methyl sites for hydroxylation is 3. The molecule has 36 heavy (non-hydrogen) atoms. The van der Waals surface area contributed by atoms with Gasteiger partial charge in [0, 0.05) is 21.2 Å². The van der Waals surface area contributed by atoms with Crippen LogP contribution in [-0.2, 0) is 28.5 Å². The van der Waals surface area contributed by atoms with Gasteiger partial charge in [0.25, 0.3) is 0 Å². The summed E-state index contributed by atoms with van der Waals surface area (Å²) in [5.74, 6) is -0.449. The molecule has 0 fully saturated rings. The zero-order valence-corrected chi connectivity index (χ0v) is 21.1. The summed E-state index contributed by atoms with van der Waals surface area (Å²) in [5.41, 5.74) is 1.22. The van der Waals surface area contributed by atoms with Crippen molar-refractivity contribution in [2.45, 2.75) is 58.7 Å². The first-order valence-corrected chi connectivity index (χ1v) is 12.5. The topological polar surface area (TPSA) is 85.2 Å². The Morgan fingerprint density at radius 2 is 1.92 bits per heavy atom. The number of nitrogens with zero attached hydrogens (tertiary/aromatic N) is 1. The molecule has 0 bridgehead atoms. The van der Waals surface area contributed by atoms with Crippen molar-refractivity contribution in [2.24, 2.45) is 5.18 Å². The van der Waals surface area contributed by atoms with Crippen LogP contribution in [0.15, 0.2) is 35.5 Å². The van der Waals surface area contributed by atoms with Crippen LogP contribution in [0, 0.1) is 11.8 Å². The van der Waals surface area contributed by atoms with E-state index in [-0.39, 0.29) is 31.1 Å². The number of ether oxygens (including phenoxy) is 2. The first-order chi connectivity index (χ1) is 17.1. The molecule has 1 unspecified atom stereocenters. The second-order valence-corrected chi connectivity index (χ2v) is 9.53. The Morgan fingerprint density at radius 3 is 2.56 bits per heavy atom. The lowest BCUT2D eigenvalue weighted by Crippen LogP contribution is -2.15. The number of fused-ring (bicyclic) bond motifs is 1. The van der Waals surface area contributed by atoms with Crippen molar-refractivity contribution in [1.29, 1.82) is 0 Å². The quantitative estimate of drug-likeness (QED) is 0.211. The van der Waals surface area contributed by atoms with Crippen molar-refractivity contribution in [3.63, 3.8) is 0 Å². The van der Waals surface area contributed by atoms with Gasteiger partial charge in [0.05, 0.1) is 12.2 Å². The van der Waals surface area contributed by atoms with Gasteiger partial charge in [0.2, 0.25) is 0 Å². The molecule has 1 aromatic heterocycles. The maximum atomic E-state index is 13.2. The SMILES string of the molecule is CCCc1c(CCC(N=O)c2cc(C)c(OCC(=O)OCC)cc2O)sc2cc(C(F)(F)F)ccc12. The molecule has 2 aromatic carbocycles. The van der Waals surface area contributed by atoms with Crippen molar-refractivity contribution >= 4 is 27.4 Å². The number of aromatic hydroxyl groups is 1. The largest absolute Gasteiger partial charge is 0.507 e. The molecule has 0 spiro atoms. The summed E-state index contributed by atoms with van der Waals surface area (Å²) < 4.78 is 50.3. The average molecular weight is 524 g/mol. The van der Waals surface area contributed by atoms with Crippen molar-refractivity contribution in [2.75, 3.05) is 13.2 Å². The number of hydrogen-bond acceptors (Lipinski definition) is 7. The first-order valence-electron chi connectivity index (χ1n) is 11.6. The summed E-state index contributed by atoms with van der Waals surface area (Å²) in [6.07, 6.45) is -2.20. The molecule has 0 amide bonds. The number of rotatable bonds is 11. The minimum Gasteiger partial charge on any atom is -0.507 e. The number of phenolic OH excluding ortho intramolecular Hbond substituents is 1. The van der Waals surface area contributed by atoms with Crippen LogP contribution >= 0.6 is 11.3 Å². The molecule has 0 saturated carbocycles. The van der Waals surface area contributed by atoms with Crippen LogP contribution in [0.5, 0.6) is 11.5 Å². The molecule has 3 aromatic rings. The van der Waals surface area contributed by atoms with E-state index >= 15 is 0 Å². The molecule has 1 atom stereocenters. The van der Waals surface area contributed by atoms with Crippen LogP contribution in [-0.4, -0.2) is 24.3 Å². The third-order valence-electron chi connectivity index (χ3n) is 5.81. The number of carbonyl (C=O) groups excluding carboxylic acids is 1. The van der Waals surface area contributed by atoms with Gasteiger partial charge in [-0.3, -0.25) is 0 Å². The van der Waals surface area contributed by atoms with Gasteiger partial charge in [0.1, 0.15) is 17.5 Å². The van der Waals surface area contributed by atoms with Crippen molar-refractivity contribution in [3.8, 4) is 11.5 Å². The van der Waals surface area contributed by atoms with Crippen LogP contribution in [0.25, 0.3) is 10.1 Å². The third-order valence-corrected chi connectivity index (χ3v) is 7.06. The molecule has 194 valence electrons. The van der Waals surface area contributed by atoms with Crippen molar-refractivity contribution in [1.82, 2.24) is 0 Å². The number of thiophene rings is 1. The Labute approximate surface area is 211 Å². The van der Waals surface area contributed by atoms with Gasteiger partial charge in [-0.2, -0.15) is 18.1 Å². The third kappa shape index (κ3) is 6.34. The van der Waals surface area contributed by atoms with E-state index in [1.165, 1.54) is 29.5 Å². The highest BCUT2D eigenvalue weighted by Crippen LogP contribution is 2.40. The number of nitroso groups, excluding NO2 is 1. The van der Waals surface area contributed by atoms with E-state index in [9.17, 15) is 28.0 Å². The van der Waals surface area contributed by atoms with Gasteiger partial charge in [-0.1, -0.05) is 24.6 Å². The zero-order valence-electron chi connectivity index (χ0n) is 20.3. The van der Waals surface area contributed by atoms with Crippen LogP contribution in [0.1, 0.15) is 59.9 Å². The molecule has 0 saturated heterocycles. The molecule has 0 aliphatic carbocycles. The summed E-state index contributed by atoms with van der Waals surface area (Å²) in [4.78, 5) is 24.2. The van der Waals surface area contributed by atoms with E-state index in [0.29, 0.717) is 28.7 Å². The number of esters is 1. The summed E-state index contributed by atoms with van der Waals surface area (Å²) in [6, 6.07) is 5.84. The summed E-state index contributed by atoms with van der Waals surface area (Å²) in [6.45, 7) is 5.31. The zero-order chi connectivity index (χ0) is 26.5. The Bertz CT molecular complexity index is 1240. The molecule has 0 aliphatic heterocycles. The number of alkyl halides is 3. The maximum absolute atomic E-state index is 13.2. The Hall–Kier alpha value is -3.14. The van der Waals surface area contributed by atoms with Crippen molar-refractivity contribution in [3.05, 3.63) is 62.4 Å². The van der Waals surface area contributed by atoms with Gasteiger partial charge in [0.15, 0.2) is 6.61 Å². The van der Waals surface area contributed by atoms with Crippen LogP contribution < -0.4 is 4.74 Å². The lowest BCUT2D eigenvalue weighted by Gasteiger charge is -2.15. The summed E-state index contributed by atoms with van der Waals surface area (Å²) >= 11 is 1.29. The number of halogens is 3. The number of carbonyl (C=O) groups is 1. The highest BCUT2D eigenvalue weighted by molar-refractivity contribution is 7.19.